The third-order valence-electron chi connectivity index (χ3n) is 4.41. The number of hydrogen-bond donors (Lipinski definition) is 2. The first-order valence-electron chi connectivity index (χ1n) is 8.37. The second-order valence-corrected chi connectivity index (χ2v) is 6.22. The maximum atomic E-state index is 13.9. The number of piperidine rings is 1. The van der Waals surface area contributed by atoms with Crippen molar-refractivity contribution in [1.82, 2.24) is 24.9 Å². The molecule has 1 aliphatic heterocycles. The molecular formula is C17H17F3N6. The molecule has 4 heterocycles. The summed E-state index contributed by atoms with van der Waals surface area (Å²) >= 11 is 0. The number of nitrogens with one attached hydrogen (secondary N) is 2. The van der Waals surface area contributed by atoms with Crippen LogP contribution in [0.2, 0.25) is 0 Å². The third-order valence-corrected chi connectivity index (χ3v) is 4.41. The first kappa shape index (κ1) is 16.8. The van der Waals surface area contributed by atoms with E-state index in [1.54, 1.807) is 10.7 Å². The third kappa shape index (κ3) is 3.22. The van der Waals surface area contributed by atoms with E-state index in [-0.39, 0.29) is 6.04 Å². The van der Waals surface area contributed by atoms with Gasteiger partial charge in [-0.25, -0.2) is 22.7 Å². The molecule has 4 rings (SSSR count). The standard InChI is InChI=1S/C17H17F3N6/c18-13-6-10(7-22-15(13)16(19)20)12-9-23-26-5-3-14(25-17(12)26)24-11-2-1-4-21-8-11/h3,5-7,9,11,16,21H,1-2,4,8H2,(H,24,25). The average molecular weight is 362 g/mol. The molecule has 9 heteroatoms. The highest BCUT2D eigenvalue weighted by molar-refractivity contribution is 5.77. The Morgan fingerprint density at radius 2 is 2.19 bits per heavy atom. The second kappa shape index (κ2) is 6.91. The summed E-state index contributed by atoms with van der Waals surface area (Å²) in [5.41, 5.74) is 0.531. The number of rotatable bonds is 4. The lowest BCUT2D eigenvalue weighted by atomic mass is 10.1. The van der Waals surface area contributed by atoms with Gasteiger partial charge < -0.3 is 10.6 Å². The highest BCUT2D eigenvalue weighted by Crippen LogP contribution is 2.27. The van der Waals surface area contributed by atoms with Crippen LogP contribution in [0, 0.1) is 5.82 Å². The predicted octanol–water partition coefficient (Wildman–Crippen LogP) is 3.03. The van der Waals surface area contributed by atoms with Gasteiger partial charge in [-0.15, -0.1) is 0 Å². The highest BCUT2D eigenvalue weighted by Gasteiger charge is 2.18. The van der Waals surface area contributed by atoms with Gasteiger partial charge in [-0.05, 0) is 31.5 Å². The normalized spacial score (nSPS) is 17.8. The number of nitrogens with zero attached hydrogens (tertiary/aromatic N) is 4. The zero-order valence-electron chi connectivity index (χ0n) is 13.8. The lowest BCUT2D eigenvalue weighted by Crippen LogP contribution is -2.38. The van der Waals surface area contributed by atoms with Crippen LogP contribution < -0.4 is 10.6 Å². The van der Waals surface area contributed by atoms with E-state index in [2.05, 4.69) is 25.7 Å². The smallest absolute Gasteiger partial charge is 0.283 e. The number of anilines is 1. The van der Waals surface area contributed by atoms with Gasteiger partial charge in [0.15, 0.2) is 11.5 Å². The molecule has 1 atom stereocenters. The first-order valence-corrected chi connectivity index (χ1v) is 8.37. The molecule has 0 aliphatic carbocycles. The van der Waals surface area contributed by atoms with Crippen LogP contribution >= 0.6 is 0 Å². The number of fused-ring (bicyclic) bond motifs is 1. The van der Waals surface area contributed by atoms with E-state index in [1.807, 2.05) is 6.07 Å². The van der Waals surface area contributed by atoms with Crippen molar-refractivity contribution < 1.29 is 13.2 Å². The lowest BCUT2D eigenvalue weighted by Gasteiger charge is -2.24. The highest BCUT2D eigenvalue weighted by atomic mass is 19.3. The van der Waals surface area contributed by atoms with Crippen molar-refractivity contribution in [3.8, 4) is 11.1 Å². The van der Waals surface area contributed by atoms with Crippen molar-refractivity contribution in [1.29, 1.82) is 0 Å². The van der Waals surface area contributed by atoms with E-state index >= 15 is 0 Å². The molecule has 0 saturated carbocycles. The largest absolute Gasteiger partial charge is 0.366 e. The van der Waals surface area contributed by atoms with Crippen LogP contribution in [0.3, 0.4) is 0 Å². The summed E-state index contributed by atoms with van der Waals surface area (Å²) < 4.78 is 40.8. The zero-order chi connectivity index (χ0) is 18.1. The minimum atomic E-state index is -2.95. The van der Waals surface area contributed by atoms with E-state index in [1.165, 1.54) is 12.4 Å². The van der Waals surface area contributed by atoms with Gasteiger partial charge in [0.1, 0.15) is 11.5 Å². The molecule has 1 saturated heterocycles. The van der Waals surface area contributed by atoms with Crippen LogP contribution in [0.5, 0.6) is 0 Å². The van der Waals surface area contributed by atoms with E-state index in [4.69, 9.17) is 0 Å². The SMILES string of the molecule is Fc1cc(-c2cnn3ccc(NC4CCCNC4)nc23)cnc1C(F)F. The summed E-state index contributed by atoms with van der Waals surface area (Å²) in [5.74, 6) is -0.356. The monoisotopic (exact) mass is 362 g/mol. The van der Waals surface area contributed by atoms with Gasteiger partial charge >= 0.3 is 0 Å². The molecule has 0 amide bonds. The summed E-state index contributed by atoms with van der Waals surface area (Å²) in [6, 6.07) is 3.14. The quantitative estimate of drug-likeness (QED) is 0.747. The fraction of sp³-hybridized carbons (Fsp3) is 0.353. The molecule has 3 aromatic rings. The Kier molecular flexibility index (Phi) is 4.46. The topological polar surface area (TPSA) is 67.1 Å². The second-order valence-electron chi connectivity index (χ2n) is 6.22. The predicted molar refractivity (Wildman–Crippen MR) is 90.6 cm³/mol. The van der Waals surface area contributed by atoms with E-state index < -0.39 is 17.9 Å². The number of pyridine rings is 1. The number of aromatic nitrogens is 4. The molecule has 0 radical (unpaired) electrons. The van der Waals surface area contributed by atoms with Crippen molar-refractivity contribution in [2.45, 2.75) is 25.3 Å². The minimum Gasteiger partial charge on any atom is -0.366 e. The summed E-state index contributed by atoms with van der Waals surface area (Å²) in [6.07, 6.45) is 3.68. The average Bonchev–Trinajstić information content (AvgIpc) is 3.05. The summed E-state index contributed by atoms with van der Waals surface area (Å²) in [6.45, 7) is 1.88. The van der Waals surface area contributed by atoms with Crippen molar-refractivity contribution in [2.24, 2.45) is 0 Å². The molecule has 6 nitrogen and oxygen atoms in total. The Morgan fingerprint density at radius 1 is 1.31 bits per heavy atom. The molecule has 0 aromatic carbocycles. The Hall–Kier alpha value is -2.68. The van der Waals surface area contributed by atoms with Crippen LogP contribution in [0.4, 0.5) is 19.0 Å². The Bertz CT molecular complexity index is 920. The minimum absolute atomic E-state index is 0.287. The van der Waals surface area contributed by atoms with Crippen molar-refractivity contribution in [2.75, 3.05) is 18.4 Å². The first-order chi connectivity index (χ1) is 12.6. The Balaban J connectivity index is 1.67. The molecule has 1 aliphatic rings. The van der Waals surface area contributed by atoms with Gasteiger partial charge in [-0.3, -0.25) is 4.98 Å². The molecule has 2 N–H and O–H groups in total. The van der Waals surface area contributed by atoms with Gasteiger partial charge in [0.2, 0.25) is 0 Å². The number of alkyl halides is 2. The van der Waals surface area contributed by atoms with Crippen LogP contribution in [0.1, 0.15) is 25.0 Å². The van der Waals surface area contributed by atoms with Crippen LogP contribution in [-0.4, -0.2) is 38.7 Å². The summed E-state index contributed by atoms with van der Waals surface area (Å²) in [7, 11) is 0. The van der Waals surface area contributed by atoms with Gasteiger partial charge in [0, 0.05) is 36.1 Å². The molecular weight excluding hydrogens is 345 g/mol. The molecule has 26 heavy (non-hydrogen) atoms. The fourth-order valence-electron chi connectivity index (χ4n) is 3.09. The number of halogens is 3. The maximum absolute atomic E-state index is 13.9. The van der Waals surface area contributed by atoms with E-state index in [9.17, 15) is 13.2 Å². The van der Waals surface area contributed by atoms with Gasteiger partial charge in [0.25, 0.3) is 6.43 Å². The maximum Gasteiger partial charge on any atom is 0.283 e. The molecule has 3 aromatic heterocycles. The van der Waals surface area contributed by atoms with Gasteiger partial charge in [-0.1, -0.05) is 0 Å². The van der Waals surface area contributed by atoms with Crippen molar-refractivity contribution in [3.05, 3.63) is 42.2 Å². The molecule has 0 bridgehead atoms. The fourth-order valence-corrected chi connectivity index (χ4v) is 3.09. The summed E-state index contributed by atoms with van der Waals surface area (Å²) in [5, 5.41) is 10.9. The van der Waals surface area contributed by atoms with Gasteiger partial charge in [-0.2, -0.15) is 5.10 Å². The Morgan fingerprint density at radius 3 is 2.92 bits per heavy atom. The molecule has 0 spiro atoms. The van der Waals surface area contributed by atoms with Crippen LogP contribution in [0.15, 0.2) is 30.7 Å². The van der Waals surface area contributed by atoms with Crippen molar-refractivity contribution in [3.63, 3.8) is 0 Å². The molecule has 136 valence electrons. The molecule has 1 unspecified atom stereocenters. The van der Waals surface area contributed by atoms with Crippen molar-refractivity contribution >= 4 is 11.5 Å². The van der Waals surface area contributed by atoms with Gasteiger partial charge in [0.05, 0.1) is 6.20 Å². The summed E-state index contributed by atoms with van der Waals surface area (Å²) in [4.78, 5) is 8.10. The molecule has 1 fully saturated rings. The van der Waals surface area contributed by atoms with E-state index in [0.717, 1.165) is 32.0 Å². The Labute approximate surface area is 147 Å². The lowest BCUT2D eigenvalue weighted by molar-refractivity contribution is 0.140. The van der Waals surface area contributed by atoms with Crippen LogP contribution in [0.25, 0.3) is 16.8 Å². The number of hydrogen-bond acceptors (Lipinski definition) is 5. The van der Waals surface area contributed by atoms with Crippen LogP contribution in [-0.2, 0) is 0 Å². The van der Waals surface area contributed by atoms with E-state index in [0.29, 0.717) is 22.6 Å². The zero-order valence-corrected chi connectivity index (χ0v) is 13.8.